The number of hydrogen-bond donors (Lipinski definition) is 0. The number of hydrogen-bond acceptors (Lipinski definition) is 3. The lowest BCUT2D eigenvalue weighted by molar-refractivity contribution is 0.411. The number of likely N-dealkylation sites (N-methyl/N-ethyl adjacent to an activating group) is 1. The molecule has 0 aromatic carbocycles. The Kier molecular flexibility index (Phi) is 2.98. The van der Waals surface area contributed by atoms with Gasteiger partial charge < -0.3 is 4.90 Å². The Hall–Kier alpha value is -0.960. The van der Waals surface area contributed by atoms with Crippen LogP contribution in [0.4, 0.5) is 0 Å². The first-order valence-electron chi connectivity index (χ1n) is 3.68. The van der Waals surface area contributed by atoms with Crippen molar-refractivity contribution in [1.29, 1.82) is 0 Å². The first kappa shape index (κ1) is 8.14. The van der Waals surface area contributed by atoms with Crippen molar-refractivity contribution in [3.05, 3.63) is 24.3 Å². The summed E-state index contributed by atoms with van der Waals surface area (Å²) in [4.78, 5) is 10.3. The molecule has 0 aliphatic rings. The van der Waals surface area contributed by atoms with Gasteiger partial charge in [-0.05, 0) is 14.1 Å². The summed E-state index contributed by atoms with van der Waals surface area (Å²) in [6, 6.07) is 0. The Morgan fingerprint density at radius 3 is 2.73 bits per heavy atom. The van der Waals surface area contributed by atoms with Gasteiger partial charge in [0.15, 0.2) is 0 Å². The zero-order chi connectivity index (χ0) is 8.10. The van der Waals surface area contributed by atoms with Crippen molar-refractivity contribution in [1.82, 2.24) is 14.9 Å². The Balaban J connectivity index is 2.39. The van der Waals surface area contributed by atoms with Gasteiger partial charge in [-0.3, -0.25) is 9.97 Å². The minimum atomic E-state index is 0.973. The molecule has 0 saturated heterocycles. The van der Waals surface area contributed by atoms with Crippen molar-refractivity contribution in [2.24, 2.45) is 0 Å². The summed E-state index contributed by atoms with van der Waals surface area (Å²) < 4.78 is 0. The largest absolute Gasteiger partial charge is 0.309 e. The van der Waals surface area contributed by atoms with Gasteiger partial charge in [-0.25, -0.2) is 0 Å². The average molecular weight is 151 g/mol. The Morgan fingerprint density at radius 2 is 2.18 bits per heavy atom. The van der Waals surface area contributed by atoms with E-state index in [0.717, 1.165) is 18.7 Å². The van der Waals surface area contributed by atoms with Crippen LogP contribution in [0.2, 0.25) is 0 Å². The highest BCUT2D eigenvalue weighted by Gasteiger charge is 1.93. The first-order chi connectivity index (χ1) is 5.29. The maximum atomic E-state index is 4.16. The molecule has 0 radical (unpaired) electrons. The highest BCUT2D eigenvalue weighted by atomic mass is 15.0. The normalized spacial score (nSPS) is 10.5. The van der Waals surface area contributed by atoms with E-state index in [1.165, 1.54) is 0 Å². The number of nitrogens with zero attached hydrogens (tertiary/aromatic N) is 3. The molecule has 11 heavy (non-hydrogen) atoms. The fourth-order valence-electron chi connectivity index (χ4n) is 0.797. The quantitative estimate of drug-likeness (QED) is 0.632. The van der Waals surface area contributed by atoms with Gasteiger partial charge in [0, 0.05) is 31.6 Å². The van der Waals surface area contributed by atoms with Crippen molar-refractivity contribution < 1.29 is 0 Å². The van der Waals surface area contributed by atoms with Gasteiger partial charge in [0.25, 0.3) is 0 Å². The molecule has 0 aliphatic heterocycles. The summed E-state index contributed by atoms with van der Waals surface area (Å²) in [5.74, 6) is 0. The van der Waals surface area contributed by atoms with Crippen LogP contribution in [0.5, 0.6) is 0 Å². The maximum absolute atomic E-state index is 4.16. The molecule has 1 aromatic rings. The van der Waals surface area contributed by atoms with Gasteiger partial charge >= 0.3 is 0 Å². The monoisotopic (exact) mass is 151 g/mol. The molecule has 3 heteroatoms. The van der Waals surface area contributed by atoms with Crippen LogP contribution < -0.4 is 0 Å². The van der Waals surface area contributed by atoms with Gasteiger partial charge in [-0.2, -0.15) is 0 Å². The maximum Gasteiger partial charge on any atom is 0.0599 e. The second kappa shape index (κ2) is 4.03. The van der Waals surface area contributed by atoms with E-state index in [4.69, 9.17) is 0 Å². The van der Waals surface area contributed by atoms with Gasteiger partial charge in [0.05, 0.1) is 5.69 Å². The van der Waals surface area contributed by atoms with E-state index in [-0.39, 0.29) is 0 Å². The van der Waals surface area contributed by atoms with E-state index >= 15 is 0 Å². The molecule has 0 fully saturated rings. The standard InChI is InChI=1S/C8H13N3/c1-11(2)6-3-8-7-9-4-5-10-8/h4-5,7H,3,6H2,1-2H3. The molecule has 0 N–H and O–H groups in total. The predicted octanol–water partition coefficient (Wildman–Crippen LogP) is 0.581. The molecule has 1 rings (SSSR count). The molecule has 0 spiro atoms. The van der Waals surface area contributed by atoms with Gasteiger partial charge in [0.2, 0.25) is 0 Å². The summed E-state index contributed by atoms with van der Waals surface area (Å²) in [7, 11) is 4.10. The van der Waals surface area contributed by atoms with E-state index in [2.05, 4.69) is 29.0 Å². The van der Waals surface area contributed by atoms with E-state index < -0.39 is 0 Å². The highest BCUT2D eigenvalue weighted by molar-refractivity contribution is 4.94. The fraction of sp³-hybridized carbons (Fsp3) is 0.500. The highest BCUT2D eigenvalue weighted by Crippen LogP contribution is 1.91. The van der Waals surface area contributed by atoms with Crippen LogP contribution in [0.1, 0.15) is 5.69 Å². The van der Waals surface area contributed by atoms with Gasteiger partial charge in [0.1, 0.15) is 0 Å². The molecule has 0 amide bonds. The van der Waals surface area contributed by atoms with E-state index in [1.807, 2.05) is 6.20 Å². The minimum Gasteiger partial charge on any atom is -0.309 e. The van der Waals surface area contributed by atoms with Crippen LogP contribution in [0.25, 0.3) is 0 Å². The Morgan fingerprint density at radius 1 is 1.36 bits per heavy atom. The molecule has 3 nitrogen and oxygen atoms in total. The molecule has 0 unspecified atom stereocenters. The van der Waals surface area contributed by atoms with Crippen LogP contribution in [0.3, 0.4) is 0 Å². The topological polar surface area (TPSA) is 29.0 Å². The Bertz CT molecular complexity index is 196. The molecule has 60 valence electrons. The van der Waals surface area contributed by atoms with Crippen LogP contribution in [-0.2, 0) is 6.42 Å². The second-order valence-corrected chi connectivity index (χ2v) is 2.75. The summed E-state index contributed by atoms with van der Waals surface area (Å²) >= 11 is 0. The third-order valence-electron chi connectivity index (χ3n) is 1.43. The molecule has 1 aromatic heterocycles. The van der Waals surface area contributed by atoms with Crippen molar-refractivity contribution in [2.75, 3.05) is 20.6 Å². The third kappa shape index (κ3) is 3.09. The molecule has 0 atom stereocenters. The molecule has 1 heterocycles. The molecular weight excluding hydrogens is 138 g/mol. The zero-order valence-electron chi connectivity index (χ0n) is 6.99. The van der Waals surface area contributed by atoms with Crippen LogP contribution in [0.15, 0.2) is 18.6 Å². The van der Waals surface area contributed by atoms with Crippen LogP contribution in [-0.4, -0.2) is 35.5 Å². The minimum absolute atomic E-state index is 0.973. The smallest absolute Gasteiger partial charge is 0.0599 e. The summed E-state index contributed by atoms with van der Waals surface area (Å²) in [5, 5.41) is 0. The van der Waals surface area contributed by atoms with E-state index in [0.29, 0.717) is 0 Å². The molecule has 0 bridgehead atoms. The summed E-state index contributed by atoms with van der Waals surface area (Å²) in [6.07, 6.45) is 6.20. The first-order valence-corrected chi connectivity index (χ1v) is 3.68. The lowest BCUT2D eigenvalue weighted by Gasteiger charge is -2.07. The van der Waals surface area contributed by atoms with Gasteiger partial charge in [-0.15, -0.1) is 0 Å². The lowest BCUT2D eigenvalue weighted by Crippen LogP contribution is -2.15. The molecule has 0 aliphatic carbocycles. The van der Waals surface area contributed by atoms with Gasteiger partial charge in [-0.1, -0.05) is 0 Å². The Labute approximate surface area is 67.1 Å². The summed E-state index contributed by atoms with van der Waals surface area (Å²) in [5.41, 5.74) is 1.06. The molecule has 0 saturated carbocycles. The van der Waals surface area contributed by atoms with Crippen molar-refractivity contribution in [2.45, 2.75) is 6.42 Å². The number of aromatic nitrogens is 2. The van der Waals surface area contributed by atoms with Crippen molar-refractivity contribution in [3.63, 3.8) is 0 Å². The molecular formula is C8H13N3. The fourth-order valence-corrected chi connectivity index (χ4v) is 0.797. The van der Waals surface area contributed by atoms with Crippen LogP contribution >= 0.6 is 0 Å². The lowest BCUT2D eigenvalue weighted by atomic mass is 10.3. The van der Waals surface area contributed by atoms with Crippen molar-refractivity contribution in [3.8, 4) is 0 Å². The SMILES string of the molecule is CN(C)CCc1cnccn1. The zero-order valence-corrected chi connectivity index (χ0v) is 6.99. The summed E-state index contributed by atoms with van der Waals surface area (Å²) in [6.45, 7) is 1.03. The van der Waals surface area contributed by atoms with Crippen LogP contribution in [0, 0.1) is 0 Å². The average Bonchev–Trinajstić information content (AvgIpc) is 2.03. The number of rotatable bonds is 3. The van der Waals surface area contributed by atoms with Crippen molar-refractivity contribution >= 4 is 0 Å². The second-order valence-electron chi connectivity index (χ2n) is 2.75. The van der Waals surface area contributed by atoms with E-state index in [9.17, 15) is 0 Å². The third-order valence-corrected chi connectivity index (χ3v) is 1.43. The predicted molar refractivity (Wildman–Crippen MR) is 44.3 cm³/mol. The van der Waals surface area contributed by atoms with E-state index in [1.54, 1.807) is 12.4 Å².